The Hall–Kier alpha value is -0.960. The number of fused-ring (bicyclic) bond motifs is 1. The predicted molar refractivity (Wildman–Crippen MR) is 80.0 cm³/mol. The molecule has 1 unspecified atom stereocenters. The number of ether oxygens (including phenoxy) is 1. The van der Waals surface area contributed by atoms with E-state index < -0.39 is 6.64 Å². The lowest BCUT2D eigenvalue weighted by Crippen LogP contribution is -2.15. The highest BCUT2D eigenvalue weighted by Gasteiger charge is 2.28. The second-order valence-electron chi connectivity index (χ2n) is 4.89. The molecule has 0 spiro atoms. The maximum absolute atomic E-state index is 9.18. The van der Waals surface area contributed by atoms with E-state index in [1.807, 2.05) is 11.5 Å². The fourth-order valence-electron chi connectivity index (χ4n) is 2.38. The monoisotopic (exact) mass is 328 g/mol. The molecule has 21 heavy (non-hydrogen) atoms. The van der Waals surface area contributed by atoms with Gasteiger partial charge >= 0.3 is 0 Å². The summed E-state index contributed by atoms with van der Waals surface area (Å²) in [6.07, 6.45) is 4.39. The van der Waals surface area contributed by atoms with Gasteiger partial charge in [0, 0.05) is 0 Å². The molecule has 0 bridgehead atoms. The lowest BCUT2D eigenvalue weighted by atomic mass is 10.2. The molecule has 3 atom stereocenters. The fourth-order valence-corrected chi connectivity index (χ4v) is 2.93. The van der Waals surface area contributed by atoms with Gasteiger partial charge in [0.1, 0.15) is 18.1 Å². The standard InChI is InChI=1S/C11H15N5O3PS/c1-7-10-11(14-5-13-7)16(6-15-10)9-3-2-8(19-9)4-18-20(12,17)21/h5-6,8-9H,2-4H2,1H3,(H2-,12,17,21)/q-1/t8-,9+,20?/m0/s1. The molecule has 3 heterocycles. The first-order valence-electron chi connectivity index (χ1n) is 6.46. The molecule has 1 aliphatic rings. The lowest BCUT2D eigenvalue weighted by Gasteiger charge is -2.21. The number of hydrogen-bond donors (Lipinski definition) is 1. The second-order valence-corrected chi connectivity index (χ2v) is 7.67. The topological polar surface area (TPSA) is 106 Å². The number of aryl methyl sites for hydroxylation is 1. The first kappa shape index (κ1) is 15.0. The molecule has 1 aliphatic heterocycles. The number of hydrogen-bond acceptors (Lipinski definition) is 6. The van der Waals surface area contributed by atoms with Crippen LogP contribution in [0.3, 0.4) is 0 Å². The highest BCUT2D eigenvalue weighted by atomic mass is 32.5. The molecule has 0 radical (unpaired) electrons. The normalized spacial score (nSPS) is 25.3. The van der Waals surface area contributed by atoms with Crippen molar-refractivity contribution in [2.24, 2.45) is 0 Å². The lowest BCUT2D eigenvalue weighted by molar-refractivity contribution is -0.0154. The summed E-state index contributed by atoms with van der Waals surface area (Å²) < 4.78 is 12.7. The molecule has 8 nitrogen and oxygen atoms in total. The minimum atomic E-state index is -3.38. The van der Waals surface area contributed by atoms with E-state index in [0.717, 1.165) is 29.7 Å². The van der Waals surface area contributed by atoms with Gasteiger partial charge in [-0.25, -0.2) is 15.0 Å². The van der Waals surface area contributed by atoms with Crippen LogP contribution in [0.25, 0.3) is 16.7 Å². The number of nitrogens with zero attached hydrogens (tertiary/aromatic N) is 4. The van der Waals surface area contributed by atoms with Gasteiger partial charge in [-0.3, -0.25) is 4.57 Å². The molecule has 10 heteroatoms. The van der Waals surface area contributed by atoms with Crippen LogP contribution in [-0.2, 0) is 21.1 Å². The van der Waals surface area contributed by atoms with E-state index in [1.165, 1.54) is 6.33 Å². The van der Waals surface area contributed by atoms with Crippen LogP contribution >= 0.6 is 6.64 Å². The van der Waals surface area contributed by atoms with E-state index in [0.29, 0.717) is 0 Å². The Bertz CT molecular complexity index is 702. The van der Waals surface area contributed by atoms with Crippen LogP contribution < -0.4 is 0 Å². The van der Waals surface area contributed by atoms with E-state index >= 15 is 0 Å². The predicted octanol–water partition coefficient (Wildman–Crippen LogP) is 2.10. The van der Waals surface area contributed by atoms with Gasteiger partial charge in [0.2, 0.25) is 0 Å². The largest absolute Gasteiger partial charge is 0.597 e. The van der Waals surface area contributed by atoms with Crippen LogP contribution in [-0.4, -0.2) is 37.1 Å². The van der Waals surface area contributed by atoms with Crippen LogP contribution in [0, 0.1) is 6.92 Å². The van der Waals surface area contributed by atoms with Crippen LogP contribution in [0.2, 0.25) is 0 Å². The van der Waals surface area contributed by atoms with Crippen LogP contribution in [0.5, 0.6) is 0 Å². The van der Waals surface area contributed by atoms with Gasteiger partial charge in [-0.15, -0.1) is 0 Å². The molecule has 2 aromatic rings. The summed E-state index contributed by atoms with van der Waals surface area (Å²) in [7, 11) is 0. The summed E-state index contributed by atoms with van der Waals surface area (Å²) in [4.78, 5) is 21.9. The van der Waals surface area contributed by atoms with Gasteiger partial charge in [-0.05, 0) is 19.8 Å². The van der Waals surface area contributed by atoms with Crippen molar-refractivity contribution in [1.29, 1.82) is 0 Å². The third-order valence-corrected chi connectivity index (χ3v) is 4.19. The van der Waals surface area contributed by atoms with Gasteiger partial charge in [0.05, 0.1) is 31.4 Å². The Labute approximate surface area is 126 Å². The first-order chi connectivity index (χ1) is 9.94. The molecule has 3 rings (SSSR count). The first-order valence-corrected chi connectivity index (χ1v) is 9.13. The fraction of sp³-hybridized carbons (Fsp3) is 0.545. The smallest absolute Gasteiger partial charge is 0.165 e. The van der Waals surface area contributed by atoms with Crippen molar-refractivity contribution in [2.75, 3.05) is 6.61 Å². The van der Waals surface area contributed by atoms with E-state index in [2.05, 4.69) is 26.8 Å². The zero-order valence-electron chi connectivity index (χ0n) is 11.3. The van der Waals surface area contributed by atoms with E-state index in [1.54, 1.807) is 6.33 Å². The third-order valence-electron chi connectivity index (χ3n) is 3.37. The van der Waals surface area contributed by atoms with Gasteiger partial charge in [-0.2, -0.15) is 0 Å². The zero-order chi connectivity index (χ0) is 15.0. The summed E-state index contributed by atoms with van der Waals surface area (Å²) in [5.41, 5.74) is 9.51. The molecule has 1 saturated heterocycles. The van der Waals surface area contributed by atoms with Crippen molar-refractivity contribution in [3.8, 4) is 0 Å². The summed E-state index contributed by atoms with van der Waals surface area (Å²) in [6, 6.07) is 0. The molecular formula is C11H15N5O3PS-. The van der Waals surface area contributed by atoms with Gasteiger partial charge < -0.3 is 19.7 Å². The Morgan fingerprint density at radius 1 is 1.52 bits per heavy atom. The summed E-state index contributed by atoms with van der Waals surface area (Å²) >= 11 is 4.53. The minimum Gasteiger partial charge on any atom is -0.597 e. The van der Waals surface area contributed by atoms with Crippen molar-refractivity contribution in [3.05, 3.63) is 23.9 Å². The molecule has 0 saturated carbocycles. The van der Waals surface area contributed by atoms with Crippen LogP contribution in [0.15, 0.2) is 12.7 Å². The van der Waals surface area contributed by atoms with E-state index in [4.69, 9.17) is 14.8 Å². The highest BCUT2D eigenvalue weighted by Crippen LogP contribution is 2.43. The molecule has 0 amide bonds. The Balaban J connectivity index is 1.73. The van der Waals surface area contributed by atoms with Gasteiger partial charge in [0.25, 0.3) is 0 Å². The Kier molecular flexibility index (Phi) is 4.04. The van der Waals surface area contributed by atoms with Crippen molar-refractivity contribution in [2.45, 2.75) is 32.1 Å². The second kappa shape index (κ2) is 5.68. The third kappa shape index (κ3) is 3.28. The molecule has 1 fully saturated rings. The van der Waals surface area contributed by atoms with Crippen LogP contribution in [0.4, 0.5) is 0 Å². The van der Waals surface area contributed by atoms with Crippen molar-refractivity contribution in [1.82, 2.24) is 19.5 Å². The van der Waals surface area contributed by atoms with Crippen LogP contribution in [0.1, 0.15) is 24.8 Å². The molecule has 0 aromatic carbocycles. The average molecular weight is 328 g/mol. The van der Waals surface area contributed by atoms with Crippen molar-refractivity contribution < 1.29 is 14.2 Å². The maximum Gasteiger partial charge on any atom is 0.165 e. The average Bonchev–Trinajstić information content (AvgIpc) is 3.02. The molecule has 2 aromatic heterocycles. The summed E-state index contributed by atoms with van der Waals surface area (Å²) in [6.45, 7) is -1.36. The number of aromatic nitrogens is 4. The maximum atomic E-state index is 9.18. The highest BCUT2D eigenvalue weighted by molar-refractivity contribution is 8.10. The van der Waals surface area contributed by atoms with Gasteiger partial charge in [0.15, 0.2) is 5.65 Å². The quantitative estimate of drug-likeness (QED) is 0.856. The van der Waals surface area contributed by atoms with E-state index in [-0.39, 0.29) is 18.9 Å². The SMILES string of the molecule is Cc1ncnc2c1ncn2[C@H]1CC[C@@H](COP([NH-])(O)=S)O1. The minimum absolute atomic E-state index is 0.133. The number of rotatable bonds is 4. The van der Waals surface area contributed by atoms with Gasteiger partial charge in [-0.1, -0.05) is 11.8 Å². The molecule has 114 valence electrons. The zero-order valence-corrected chi connectivity index (χ0v) is 13.0. The van der Waals surface area contributed by atoms with Crippen molar-refractivity contribution >= 4 is 29.6 Å². The Morgan fingerprint density at radius 3 is 3.10 bits per heavy atom. The van der Waals surface area contributed by atoms with Crippen molar-refractivity contribution in [3.63, 3.8) is 0 Å². The summed E-state index contributed by atoms with van der Waals surface area (Å²) in [5, 5.41) is 0. The molecule has 2 N–H and O–H groups in total. The number of imidazole rings is 1. The van der Waals surface area contributed by atoms with E-state index in [9.17, 15) is 4.89 Å². The molecular weight excluding hydrogens is 313 g/mol. The summed E-state index contributed by atoms with van der Waals surface area (Å²) in [5.74, 6) is 0. The Morgan fingerprint density at radius 2 is 2.33 bits per heavy atom. The number of nitrogens with one attached hydrogen (secondary N) is 1. The molecule has 0 aliphatic carbocycles.